The molecule has 0 radical (unpaired) electrons. The zero-order valence-corrected chi connectivity index (χ0v) is 7.86. The summed E-state index contributed by atoms with van der Waals surface area (Å²) in [6.07, 6.45) is 3.47. The molecule has 11 heavy (non-hydrogen) atoms. The van der Waals surface area contributed by atoms with Crippen LogP contribution < -0.4 is 0 Å². The Hall–Kier alpha value is -0.500. The lowest BCUT2D eigenvalue weighted by Crippen LogP contribution is -1.87. The minimum atomic E-state index is -0.329. The molecule has 0 saturated carbocycles. The van der Waals surface area contributed by atoms with Gasteiger partial charge in [-0.3, -0.25) is 4.79 Å². The van der Waals surface area contributed by atoms with Crippen LogP contribution in [0.2, 0.25) is 0 Å². The van der Waals surface area contributed by atoms with E-state index in [4.69, 9.17) is 11.6 Å². The lowest BCUT2D eigenvalue weighted by molar-refractivity contribution is -0.135. The van der Waals surface area contributed by atoms with Crippen LogP contribution in [0.15, 0.2) is 12.8 Å². The number of hydrogen-bond acceptors (Lipinski definition) is 2. The van der Waals surface area contributed by atoms with Crippen molar-refractivity contribution in [1.82, 2.24) is 0 Å². The first kappa shape index (κ1) is 13.1. The average molecular weight is 179 g/mol. The van der Waals surface area contributed by atoms with E-state index < -0.39 is 0 Å². The molecule has 0 aliphatic heterocycles. The van der Waals surface area contributed by atoms with Gasteiger partial charge in [0.05, 0.1) is 6.26 Å². The van der Waals surface area contributed by atoms with Gasteiger partial charge in [-0.2, -0.15) is 0 Å². The van der Waals surface area contributed by atoms with Gasteiger partial charge in [-0.15, -0.1) is 11.6 Å². The maximum atomic E-state index is 9.75. The molecule has 0 aliphatic carbocycles. The topological polar surface area (TPSA) is 26.3 Å². The van der Waals surface area contributed by atoms with E-state index in [1.807, 2.05) is 0 Å². The van der Waals surface area contributed by atoms with Crippen LogP contribution in [0.25, 0.3) is 0 Å². The molecule has 0 unspecified atom stereocenters. The van der Waals surface area contributed by atoms with E-state index >= 15 is 0 Å². The van der Waals surface area contributed by atoms with E-state index in [9.17, 15) is 4.79 Å². The highest BCUT2D eigenvalue weighted by Gasteiger charge is 1.79. The Balaban J connectivity index is 0. The smallest absolute Gasteiger partial charge is 0.307 e. The maximum absolute atomic E-state index is 9.75. The molecule has 2 nitrogen and oxygen atoms in total. The first-order valence-corrected chi connectivity index (χ1v) is 4.06. The Morgan fingerprint density at radius 3 is 2.27 bits per heavy atom. The predicted molar refractivity (Wildman–Crippen MR) is 47.6 cm³/mol. The zero-order chi connectivity index (χ0) is 9.11. The van der Waals surface area contributed by atoms with Crippen molar-refractivity contribution in [3.8, 4) is 0 Å². The highest BCUT2D eigenvalue weighted by Crippen LogP contribution is 1.86. The van der Waals surface area contributed by atoms with Crippen molar-refractivity contribution in [3.05, 3.63) is 12.8 Å². The summed E-state index contributed by atoms with van der Waals surface area (Å²) in [5.41, 5.74) is 0. The van der Waals surface area contributed by atoms with Gasteiger partial charge in [0, 0.05) is 12.8 Å². The summed E-state index contributed by atoms with van der Waals surface area (Å²) in [6, 6.07) is 0. The molecule has 0 N–H and O–H groups in total. The maximum Gasteiger partial charge on any atom is 0.307 e. The van der Waals surface area contributed by atoms with Crippen LogP contribution in [0.4, 0.5) is 0 Å². The minimum Gasteiger partial charge on any atom is -0.435 e. The first-order chi connectivity index (χ1) is 5.18. The molecule has 0 heterocycles. The van der Waals surface area contributed by atoms with Gasteiger partial charge in [0.25, 0.3) is 0 Å². The second-order valence-corrected chi connectivity index (χ2v) is 2.20. The molecule has 0 aromatic rings. The third kappa shape index (κ3) is 26.4. The van der Waals surface area contributed by atoms with E-state index in [2.05, 4.69) is 18.2 Å². The number of carbonyl (C=O) groups excluding carboxylic acids is 1. The van der Waals surface area contributed by atoms with Gasteiger partial charge in [-0.1, -0.05) is 19.9 Å². The van der Waals surface area contributed by atoms with Crippen LogP contribution in [0, 0.1) is 0 Å². The molecule has 0 amide bonds. The summed E-state index contributed by atoms with van der Waals surface area (Å²) in [4.78, 5) is 9.75. The predicted octanol–water partition coefficient (Wildman–Crippen LogP) is 2.72. The average Bonchev–Trinajstić information content (AvgIpc) is 1.90. The van der Waals surface area contributed by atoms with E-state index in [-0.39, 0.29) is 5.97 Å². The van der Waals surface area contributed by atoms with Gasteiger partial charge in [0.1, 0.15) is 0 Å². The van der Waals surface area contributed by atoms with Crippen molar-refractivity contribution in [2.75, 3.05) is 5.88 Å². The van der Waals surface area contributed by atoms with E-state index in [1.54, 1.807) is 0 Å². The molecule has 66 valence electrons. The Labute approximate surface area is 73.2 Å². The van der Waals surface area contributed by atoms with Crippen LogP contribution in [-0.4, -0.2) is 11.8 Å². The molecule has 0 aromatic carbocycles. The van der Waals surface area contributed by atoms with Gasteiger partial charge < -0.3 is 4.74 Å². The van der Waals surface area contributed by atoms with Crippen LogP contribution in [-0.2, 0) is 9.53 Å². The fraction of sp³-hybridized carbons (Fsp3) is 0.625. The van der Waals surface area contributed by atoms with Crippen LogP contribution >= 0.6 is 11.6 Å². The van der Waals surface area contributed by atoms with Crippen LogP contribution in [0.3, 0.4) is 0 Å². The van der Waals surface area contributed by atoms with Gasteiger partial charge in [0.15, 0.2) is 0 Å². The fourth-order valence-electron chi connectivity index (χ4n) is 0.251. The van der Waals surface area contributed by atoms with Crippen molar-refractivity contribution in [1.29, 1.82) is 0 Å². The highest BCUT2D eigenvalue weighted by molar-refractivity contribution is 6.17. The molecule has 0 fully saturated rings. The van der Waals surface area contributed by atoms with Crippen molar-refractivity contribution >= 4 is 17.6 Å². The number of esters is 1. The summed E-state index contributed by atoms with van der Waals surface area (Å²) >= 11 is 5.30. The molecular weight excluding hydrogens is 164 g/mol. The molecule has 0 atom stereocenters. The highest BCUT2D eigenvalue weighted by atomic mass is 35.5. The zero-order valence-electron chi connectivity index (χ0n) is 7.10. The molecule has 0 aliphatic rings. The summed E-state index contributed by atoms with van der Waals surface area (Å²) < 4.78 is 4.17. The van der Waals surface area contributed by atoms with Gasteiger partial charge >= 0.3 is 5.97 Å². The number of carbonyl (C=O) groups is 1. The largest absolute Gasteiger partial charge is 0.435 e. The Bertz CT molecular complexity index is 100. The third-order valence-corrected chi connectivity index (χ3v) is 1.00. The Kier molecular flexibility index (Phi) is 14.5. The SMILES string of the molecule is C=COC(C)=O.CCCCCl. The number of halogens is 1. The van der Waals surface area contributed by atoms with Gasteiger partial charge in [-0.25, -0.2) is 0 Å². The third-order valence-electron chi connectivity index (χ3n) is 0.736. The summed E-state index contributed by atoms with van der Waals surface area (Å²) in [6.45, 7) is 6.61. The normalized spacial score (nSPS) is 7.55. The number of rotatable bonds is 3. The number of unbranched alkanes of at least 4 members (excludes halogenated alkanes) is 1. The fourth-order valence-corrected chi connectivity index (χ4v) is 0.518. The Morgan fingerprint density at radius 1 is 1.73 bits per heavy atom. The second kappa shape index (κ2) is 12.2. The lowest BCUT2D eigenvalue weighted by atomic mass is 10.4. The summed E-state index contributed by atoms with van der Waals surface area (Å²) in [5.74, 6) is 0.487. The Morgan fingerprint density at radius 2 is 2.27 bits per heavy atom. The molecule has 0 rings (SSSR count). The number of ether oxygens (including phenoxy) is 1. The minimum absolute atomic E-state index is 0.329. The molecule has 0 spiro atoms. The molecule has 0 aromatic heterocycles. The second-order valence-electron chi connectivity index (χ2n) is 1.82. The standard InChI is InChI=1S/C4H9Cl.C4H6O2/c1-2-3-4-5;1-3-6-4(2)5/h2-4H2,1H3;3H,1H2,2H3. The summed E-state index contributed by atoms with van der Waals surface area (Å²) in [7, 11) is 0. The first-order valence-electron chi connectivity index (χ1n) is 3.53. The molecule has 3 heteroatoms. The quantitative estimate of drug-likeness (QED) is 0.377. The van der Waals surface area contributed by atoms with Crippen molar-refractivity contribution in [2.45, 2.75) is 26.7 Å². The van der Waals surface area contributed by atoms with Crippen molar-refractivity contribution in [3.63, 3.8) is 0 Å². The summed E-state index contributed by atoms with van der Waals surface area (Å²) in [5, 5.41) is 0. The van der Waals surface area contributed by atoms with E-state index in [0.717, 1.165) is 18.6 Å². The van der Waals surface area contributed by atoms with Crippen LogP contribution in [0.1, 0.15) is 26.7 Å². The monoisotopic (exact) mass is 178 g/mol. The molecule has 0 saturated heterocycles. The van der Waals surface area contributed by atoms with E-state index in [0.29, 0.717) is 0 Å². The van der Waals surface area contributed by atoms with E-state index in [1.165, 1.54) is 13.3 Å². The van der Waals surface area contributed by atoms with Gasteiger partial charge in [0.2, 0.25) is 0 Å². The number of hydrogen-bond donors (Lipinski definition) is 0. The van der Waals surface area contributed by atoms with Crippen molar-refractivity contribution < 1.29 is 9.53 Å². The lowest BCUT2D eigenvalue weighted by Gasteiger charge is -1.83. The molecule has 0 bridgehead atoms. The van der Waals surface area contributed by atoms with Crippen molar-refractivity contribution in [2.24, 2.45) is 0 Å². The van der Waals surface area contributed by atoms with Crippen LogP contribution in [0.5, 0.6) is 0 Å². The van der Waals surface area contributed by atoms with Gasteiger partial charge in [-0.05, 0) is 6.42 Å². The molecular formula is C8H15ClO2. The number of alkyl halides is 1.